The van der Waals surface area contributed by atoms with E-state index in [-0.39, 0.29) is 0 Å². The smallest absolute Gasteiger partial charge is 0.0178 e. The third-order valence-corrected chi connectivity index (χ3v) is 1.25. The van der Waals surface area contributed by atoms with Gasteiger partial charge in [0.1, 0.15) is 0 Å². The second kappa shape index (κ2) is 8.20. The van der Waals surface area contributed by atoms with Gasteiger partial charge in [0, 0.05) is 19.6 Å². The van der Waals surface area contributed by atoms with E-state index in [0.29, 0.717) is 19.6 Å². The van der Waals surface area contributed by atoms with E-state index in [1.54, 1.807) is 0 Å². The largest absolute Gasteiger partial charge is 0.329 e. The van der Waals surface area contributed by atoms with Gasteiger partial charge in [-0.05, 0) is 5.56 Å². The first-order valence-electron chi connectivity index (χ1n) is 3.99. The summed E-state index contributed by atoms with van der Waals surface area (Å²) in [7, 11) is 0. The number of rotatable bonds is 2. The molecule has 6 N–H and O–H groups in total. The van der Waals surface area contributed by atoms with Crippen LogP contribution in [0.5, 0.6) is 0 Å². The van der Waals surface area contributed by atoms with Gasteiger partial charge in [-0.25, -0.2) is 0 Å². The summed E-state index contributed by atoms with van der Waals surface area (Å²) in [6.07, 6.45) is 0. The van der Waals surface area contributed by atoms with E-state index in [2.05, 4.69) is 0 Å². The van der Waals surface area contributed by atoms with Crippen molar-refractivity contribution in [2.24, 2.45) is 17.2 Å². The van der Waals surface area contributed by atoms with Crippen LogP contribution in [0, 0.1) is 0 Å². The standard InChI is InChI=1S/C7H9N.C2H8N2/c8-6-7-4-2-1-3-5-7;3-1-2-4/h1-5H,6,8H2;1-4H2. The van der Waals surface area contributed by atoms with Gasteiger partial charge in [-0.2, -0.15) is 0 Å². The van der Waals surface area contributed by atoms with Crippen LogP contribution >= 0.6 is 0 Å². The highest BCUT2D eigenvalue weighted by Gasteiger charge is 1.80. The average molecular weight is 167 g/mol. The van der Waals surface area contributed by atoms with Crippen molar-refractivity contribution in [1.29, 1.82) is 0 Å². The highest BCUT2D eigenvalue weighted by atomic mass is 14.6. The lowest BCUT2D eigenvalue weighted by molar-refractivity contribution is 0.976. The summed E-state index contributed by atoms with van der Waals surface area (Å²) >= 11 is 0. The molecule has 1 aromatic rings. The quantitative estimate of drug-likeness (QED) is 0.582. The van der Waals surface area contributed by atoms with Crippen LogP contribution in [0.4, 0.5) is 0 Å². The van der Waals surface area contributed by atoms with Gasteiger partial charge in [0.25, 0.3) is 0 Å². The summed E-state index contributed by atoms with van der Waals surface area (Å²) in [6.45, 7) is 1.83. The SMILES string of the molecule is NCCN.NCc1ccccc1. The molecule has 68 valence electrons. The minimum Gasteiger partial charge on any atom is -0.329 e. The van der Waals surface area contributed by atoms with Crippen LogP contribution in [0.3, 0.4) is 0 Å². The Labute approximate surface area is 73.6 Å². The maximum atomic E-state index is 5.35. The van der Waals surface area contributed by atoms with Crippen LogP contribution in [-0.4, -0.2) is 13.1 Å². The number of nitrogens with two attached hydrogens (primary N) is 3. The van der Waals surface area contributed by atoms with Gasteiger partial charge in [0.2, 0.25) is 0 Å². The van der Waals surface area contributed by atoms with Crippen LogP contribution in [0.25, 0.3) is 0 Å². The normalized spacial score (nSPS) is 8.58. The summed E-state index contributed by atoms with van der Waals surface area (Å²) in [4.78, 5) is 0. The predicted octanol–water partition coefficient (Wildman–Crippen LogP) is 0.0491. The van der Waals surface area contributed by atoms with Crippen molar-refractivity contribution in [2.45, 2.75) is 6.54 Å². The molecule has 0 aliphatic rings. The Morgan fingerprint density at radius 2 is 1.33 bits per heavy atom. The van der Waals surface area contributed by atoms with E-state index in [0.717, 1.165) is 0 Å². The molecule has 0 saturated carbocycles. The van der Waals surface area contributed by atoms with E-state index in [1.807, 2.05) is 30.3 Å². The van der Waals surface area contributed by atoms with Gasteiger partial charge in [-0.1, -0.05) is 30.3 Å². The molecule has 3 nitrogen and oxygen atoms in total. The van der Waals surface area contributed by atoms with Gasteiger partial charge in [-0.3, -0.25) is 0 Å². The Balaban J connectivity index is 0.000000261. The molecule has 0 aromatic heterocycles. The molecule has 0 atom stereocenters. The molecule has 0 aliphatic heterocycles. The van der Waals surface area contributed by atoms with Gasteiger partial charge >= 0.3 is 0 Å². The van der Waals surface area contributed by atoms with Gasteiger partial charge in [0.05, 0.1) is 0 Å². The first-order valence-corrected chi connectivity index (χ1v) is 3.99. The molecular formula is C9H17N3. The Bertz CT molecular complexity index is 172. The topological polar surface area (TPSA) is 78.1 Å². The lowest BCUT2D eigenvalue weighted by Crippen LogP contribution is -2.11. The fourth-order valence-corrected chi connectivity index (χ4v) is 0.614. The van der Waals surface area contributed by atoms with E-state index < -0.39 is 0 Å². The van der Waals surface area contributed by atoms with Crippen LogP contribution in [0.15, 0.2) is 30.3 Å². The van der Waals surface area contributed by atoms with Crippen molar-refractivity contribution in [3.05, 3.63) is 35.9 Å². The lowest BCUT2D eigenvalue weighted by atomic mass is 10.2. The predicted molar refractivity (Wildman–Crippen MR) is 52.4 cm³/mol. The molecular weight excluding hydrogens is 150 g/mol. The summed E-state index contributed by atoms with van der Waals surface area (Å²) in [5.41, 5.74) is 16.3. The molecule has 0 amide bonds. The summed E-state index contributed by atoms with van der Waals surface area (Å²) < 4.78 is 0. The average Bonchev–Trinajstić information content (AvgIpc) is 2.19. The lowest BCUT2D eigenvalue weighted by Gasteiger charge is -1.90. The first-order chi connectivity index (χ1) is 5.85. The summed E-state index contributed by atoms with van der Waals surface area (Å²) in [5.74, 6) is 0. The Kier molecular flexibility index (Phi) is 7.58. The van der Waals surface area contributed by atoms with Crippen LogP contribution in [0.2, 0.25) is 0 Å². The molecule has 3 heteroatoms. The van der Waals surface area contributed by atoms with Crippen LogP contribution in [-0.2, 0) is 6.54 Å². The van der Waals surface area contributed by atoms with Crippen molar-refractivity contribution in [3.63, 3.8) is 0 Å². The molecule has 0 unspecified atom stereocenters. The minimum atomic E-state index is 0.597. The summed E-state index contributed by atoms with van der Waals surface area (Å²) in [6, 6.07) is 9.99. The van der Waals surface area contributed by atoms with Crippen molar-refractivity contribution in [3.8, 4) is 0 Å². The van der Waals surface area contributed by atoms with Gasteiger partial charge < -0.3 is 17.2 Å². The maximum absolute atomic E-state index is 5.35. The zero-order valence-electron chi connectivity index (χ0n) is 7.24. The molecule has 0 spiro atoms. The van der Waals surface area contributed by atoms with Crippen molar-refractivity contribution in [1.82, 2.24) is 0 Å². The van der Waals surface area contributed by atoms with Crippen molar-refractivity contribution in [2.75, 3.05) is 13.1 Å². The van der Waals surface area contributed by atoms with E-state index in [1.165, 1.54) is 5.56 Å². The van der Waals surface area contributed by atoms with Crippen molar-refractivity contribution < 1.29 is 0 Å². The second-order valence-electron chi connectivity index (χ2n) is 2.27. The molecule has 0 heterocycles. The van der Waals surface area contributed by atoms with Gasteiger partial charge in [0.15, 0.2) is 0 Å². The van der Waals surface area contributed by atoms with E-state index in [9.17, 15) is 0 Å². The zero-order chi connectivity index (χ0) is 9.23. The Morgan fingerprint density at radius 3 is 1.58 bits per heavy atom. The van der Waals surface area contributed by atoms with E-state index >= 15 is 0 Å². The van der Waals surface area contributed by atoms with E-state index in [4.69, 9.17) is 17.2 Å². The molecule has 1 aromatic carbocycles. The maximum Gasteiger partial charge on any atom is 0.0178 e. The molecule has 0 aliphatic carbocycles. The highest BCUT2D eigenvalue weighted by Crippen LogP contribution is 1.94. The zero-order valence-corrected chi connectivity index (χ0v) is 7.24. The number of hydrogen-bond acceptors (Lipinski definition) is 3. The molecule has 12 heavy (non-hydrogen) atoms. The van der Waals surface area contributed by atoms with Crippen LogP contribution in [0.1, 0.15) is 5.56 Å². The third kappa shape index (κ3) is 5.85. The Morgan fingerprint density at radius 1 is 0.833 bits per heavy atom. The summed E-state index contributed by atoms with van der Waals surface area (Å²) in [5, 5.41) is 0. The fourth-order valence-electron chi connectivity index (χ4n) is 0.614. The Hall–Kier alpha value is -0.900. The molecule has 0 fully saturated rings. The molecule has 0 bridgehead atoms. The van der Waals surface area contributed by atoms with Gasteiger partial charge in [-0.15, -0.1) is 0 Å². The highest BCUT2D eigenvalue weighted by molar-refractivity contribution is 5.13. The molecule has 1 rings (SSSR count). The number of hydrogen-bond donors (Lipinski definition) is 3. The van der Waals surface area contributed by atoms with Crippen molar-refractivity contribution >= 4 is 0 Å². The number of benzene rings is 1. The third-order valence-electron chi connectivity index (χ3n) is 1.25. The van der Waals surface area contributed by atoms with Crippen LogP contribution < -0.4 is 17.2 Å². The molecule has 0 radical (unpaired) electrons. The first kappa shape index (κ1) is 11.1. The fraction of sp³-hybridized carbons (Fsp3) is 0.333. The minimum absolute atomic E-state index is 0.597. The molecule has 0 saturated heterocycles. The monoisotopic (exact) mass is 167 g/mol. The second-order valence-corrected chi connectivity index (χ2v) is 2.27.